The SMILES string of the molecule is CC[C@H](C)OC(=O)N[C@H]1CCCCC/C=C\[C@@H]2C[C@@]2(C(=O)NS(=O)(=O)C2(C)CC2)NC(=O)[C@H](C[C@@]2(C)CCc3c(c(C(F)(F)F)nc4ccc(OC5CCN(CCOC)CC5)cc34)O2)N(C)C1=O. The summed E-state index contributed by atoms with van der Waals surface area (Å²) < 4.78 is 96.3. The van der Waals surface area contributed by atoms with Gasteiger partial charge >= 0.3 is 12.3 Å². The number of carbonyl (C=O) groups excluding carboxylic acids is 4. The Hall–Kier alpha value is -4.69. The molecule has 2 aromatic rings. The molecular formula is C48H67F3N6O10S. The summed E-state index contributed by atoms with van der Waals surface area (Å²) in [4.78, 5) is 64.3. The summed E-state index contributed by atoms with van der Waals surface area (Å²) in [6, 6.07) is 2.17. The van der Waals surface area contributed by atoms with E-state index in [-0.39, 0.29) is 49.3 Å². The molecule has 68 heavy (non-hydrogen) atoms. The van der Waals surface area contributed by atoms with Crippen LogP contribution in [0.4, 0.5) is 18.0 Å². The van der Waals surface area contributed by atoms with Crippen LogP contribution in [0.15, 0.2) is 30.4 Å². The van der Waals surface area contributed by atoms with Crippen molar-refractivity contribution in [3.63, 3.8) is 0 Å². The second kappa shape index (κ2) is 20.3. The van der Waals surface area contributed by atoms with Gasteiger partial charge in [-0.25, -0.2) is 18.2 Å². The standard InChI is InChI=1S/C48H67F3N6O10S/c1-7-30(2)65-44(61)53-37-14-12-10-8-9-11-13-31-28-47(31,43(60)55-68(62,63)46(4)21-22-46)54-41(58)38(56(5)42(37)59)29-45(3)20-17-34-35-27-33(66-32-18-23-57(24-19-32)25-26-64-6)15-16-36(35)52-40(39(34)67-45)48(49,50)51/h11,13,15-16,27,30-32,37-38H,7-10,12,14,17-26,28-29H2,1-6H3,(H,53,61)(H,54,58)(H,55,60)/b13-11-/t30-,31+,37-,38-,45+,47+/m0/s1. The minimum absolute atomic E-state index is 0.0669. The molecular weight excluding hydrogens is 910 g/mol. The zero-order valence-corrected chi connectivity index (χ0v) is 40.8. The molecule has 376 valence electrons. The van der Waals surface area contributed by atoms with Crippen LogP contribution in [0.5, 0.6) is 11.5 Å². The van der Waals surface area contributed by atoms with Crippen molar-refractivity contribution in [2.45, 2.75) is 164 Å². The van der Waals surface area contributed by atoms with Crippen molar-refractivity contribution in [3.8, 4) is 11.5 Å². The van der Waals surface area contributed by atoms with Crippen molar-refractivity contribution >= 4 is 44.7 Å². The summed E-state index contributed by atoms with van der Waals surface area (Å²) in [7, 11) is -1.11. The summed E-state index contributed by atoms with van der Waals surface area (Å²) in [5.41, 5.74) is -4.10. The Bertz CT molecular complexity index is 2360. The number of piperidine rings is 1. The van der Waals surface area contributed by atoms with Gasteiger partial charge in [0.1, 0.15) is 41.2 Å². The van der Waals surface area contributed by atoms with Crippen molar-refractivity contribution < 1.29 is 59.7 Å². The Morgan fingerprint density at radius 3 is 2.49 bits per heavy atom. The summed E-state index contributed by atoms with van der Waals surface area (Å²) in [5.74, 6) is -3.05. The first-order valence-corrected chi connectivity index (χ1v) is 25.5. The number of likely N-dealkylation sites (tertiary alicyclic amines) is 1. The summed E-state index contributed by atoms with van der Waals surface area (Å²) in [6.45, 7) is 9.70. The van der Waals surface area contributed by atoms with Crippen molar-refractivity contribution in [2.75, 3.05) is 40.4 Å². The third-order valence-electron chi connectivity index (χ3n) is 14.5. The Morgan fingerprint density at radius 1 is 1.07 bits per heavy atom. The van der Waals surface area contributed by atoms with Gasteiger partial charge < -0.3 is 39.4 Å². The average Bonchev–Trinajstić information content (AvgIpc) is 4.22. The van der Waals surface area contributed by atoms with Gasteiger partial charge in [0.15, 0.2) is 11.4 Å². The van der Waals surface area contributed by atoms with E-state index in [1.165, 1.54) is 20.0 Å². The molecule has 4 amide bonds. The van der Waals surface area contributed by atoms with E-state index in [1.54, 1.807) is 39.2 Å². The van der Waals surface area contributed by atoms with Gasteiger partial charge in [-0.1, -0.05) is 31.9 Å². The van der Waals surface area contributed by atoms with E-state index in [0.717, 1.165) is 37.4 Å². The number of sulfonamides is 1. The molecule has 0 bridgehead atoms. The first kappa shape index (κ1) is 51.2. The maximum atomic E-state index is 15.0. The summed E-state index contributed by atoms with van der Waals surface area (Å²) in [5, 5.41) is 5.92. The zero-order valence-electron chi connectivity index (χ0n) is 40.0. The van der Waals surface area contributed by atoms with Crippen LogP contribution in [0, 0.1) is 5.92 Å². The first-order valence-electron chi connectivity index (χ1n) is 24.0. The van der Waals surface area contributed by atoms with Crippen LogP contribution >= 0.6 is 0 Å². The zero-order chi connectivity index (χ0) is 49.2. The number of likely N-dealkylation sites (N-methyl/N-ethyl adjacent to an activating group) is 1. The number of hydrogen-bond acceptors (Lipinski definition) is 12. The molecule has 0 spiro atoms. The fourth-order valence-corrected chi connectivity index (χ4v) is 10.7. The molecule has 5 aliphatic rings. The van der Waals surface area contributed by atoms with Crippen LogP contribution in [-0.4, -0.2) is 128 Å². The Morgan fingerprint density at radius 2 is 1.81 bits per heavy atom. The Kier molecular flexibility index (Phi) is 15.3. The number of nitrogens with one attached hydrogen (secondary N) is 3. The molecule has 2 aliphatic carbocycles. The molecule has 1 aromatic carbocycles. The number of halogens is 3. The maximum absolute atomic E-state index is 15.0. The molecule has 3 N–H and O–H groups in total. The number of alkyl halides is 3. The van der Waals surface area contributed by atoms with Gasteiger partial charge in [-0.15, -0.1) is 0 Å². The topological polar surface area (TPSA) is 195 Å². The lowest BCUT2D eigenvalue weighted by molar-refractivity contribution is -0.146. The largest absolute Gasteiger partial charge is 0.490 e. The van der Waals surface area contributed by atoms with Gasteiger partial charge in [-0.2, -0.15) is 13.2 Å². The van der Waals surface area contributed by atoms with E-state index in [4.69, 9.17) is 18.9 Å². The smallest absolute Gasteiger partial charge is 0.437 e. The van der Waals surface area contributed by atoms with Crippen LogP contribution in [0.2, 0.25) is 0 Å². The number of rotatable bonds is 13. The number of ether oxygens (including phenoxy) is 4. The highest BCUT2D eigenvalue weighted by atomic mass is 32.2. The molecule has 0 unspecified atom stereocenters. The first-order chi connectivity index (χ1) is 32.1. The highest BCUT2D eigenvalue weighted by molar-refractivity contribution is 7.91. The molecule has 7 rings (SSSR count). The Labute approximate surface area is 396 Å². The van der Waals surface area contributed by atoms with E-state index in [1.807, 2.05) is 13.0 Å². The molecule has 3 aliphatic heterocycles. The lowest BCUT2D eigenvalue weighted by atomic mass is 9.85. The normalized spacial score (nSPS) is 28.1. The molecule has 4 heterocycles. The number of aromatic nitrogens is 1. The number of carbonyl (C=O) groups is 4. The minimum Gasteiger partial charge on any atom is -0.490 e. The van der Waals surface area contributed by atoms with Gasteiger partial charge in [0.2, 0.25) is 21.8 Å². The number of fused-ring (bicyclic) bond motifs is 4. The van der Waals surface area contributed by atoms with Crippen LogP contribution in [0.1, 0.15) is 122 Å². The van der Waals surface area contributed by atoms with Crippen molar-refractivity contribution in [1.29, 1.82) is 0 Å². The number of methoxy groups -OCH3 is 1. The quantitative estimate of drug-likeness (QED) is 0.189. The second-order valence-corrected chi connectivity index (χ2v) is 22.1. The predicted octanol–water partition coefficient (Wildman–Crippen LogP) is 6.33. The van der Waals surface area contributed by atoms with Crippen molar-refractivity contribution in [3.05, 3.63) is 41.6 Å². The van der Waals surface area contributed by atoms with E-state index in [9.17, 15) is 27.6 Å². The number of nitrogens with zero attached hydrogens (tertiary/aromatic N) is 3. The van der Waals surface area contributed by atoms with Gasteiger partial charge in [0.25, 0.3) is 5.91 Å². The van der Waals surface area contributed by atoms with Gasteiger partial charge in [0.05, 0.1) is 16.9 Å². The van der Waals surface area contributed by atoms with E-state index in [0.29, 0.717) is 62.7 Å². The highest BCUT2D eigenvalue weighted by Gasteiger charge is 2.63. The number of alkyl carbamates (subject to hydrolysis) is 1. The van der Waals surface area contributed by atoms with Gasteiger partial charge in [-0.3, -0.25) is 19.1 Å². The molecule has 6 atom stereocenters. The lowest BCUT2D eigenvalue weighted by Gasteiger charge is -2.41. The molecule has 1 aromatic heterocycles. The third-order valence-corrected chi connectivity index (χ3v) is 16.7. The van der Waals surface area contributed by atoms with Gasteiger partial charge in [0, 0.05) is 57.1 Å². The number of aryl methyl sites for hydroxylation is 1. The van der Waals surface area contributed by atoms with Crippen molar-refractivity contribution in [1.82, 2.24) is 30.1 Å². The predicted molar refractivity (Wildman–Crippen MR) is 246 cm³/mol. The van der Waals surface area contributed by atoms with Crippen LogP contribution < -0.4 is 24.8 Å². The number of amides is 4. The van der Waals surface area contributed by atoms with Gasteiger partial charge in [-0.05, 0) is 110 Å². The van der Waals surface area contributed by atoms with E-state index >= 15 is 13.2 Å². The monoisotopic (exact) mass is 976 g/mol. The lowest BCUT2D eigenvalue weighted by Crippen LogP contribution is -2.61. The van der Waals surface area contributed by atoms with Crippen LogP contribution in [-0.2, 0) is 46.5 Å². The summed E-state index contributed by atoms with van der Waals surface area (Å²) >= 11 is 0. The van der Waals surface area contributed by atoms with E-state index in [2.05, 4.69) is 25.2 Å². The summed E-state index contributed by atoms with van der Waals surface area (Å²) in [6.07, 6.45) is 2.69. The fraction of sp³-hybridized carbons (Fsp3) is 0.688. The fourth-order valence-electron chi connectivity index (χ4n) is 9.44. The number of hydrogen-bond donors (Lipinski definition) is 3. The molecule has 1 saturated heterocycles. The second-order valence-electron chi connectivity index (χ2n) is 19.9. The van der Waals surface area contributed by atoms with E-state index < -0.39 is 91.5 Å². The number of pyridine rings is 1. The molecule has 16 nitrogen and oxygen atoms in total. The maximum Gasteiger partial charge on any atom is 0.437 e. The number of benzene rings is 1. The molecule has 2 saturated carbocycles. The number of allylic oxidation sites excluding steroid dienone is 1. The molecule has 3 fully saturated rings. The minimum atomic E-state index is -4.94. The molecule has 0 radical (unpaired) electrons. The van der Waals surface area contributed by atoms with Crippen LogP contribution in [0.3, 0.4) is 0 Å². The molecule has 20 heteroatoms. The highest BCUT2D eigenvalue weighted by Crippen LogP contribution is 2.49. The van der Waals surface area contributed by atoms with Crippen molar-refractivity contribution in [2.24, 2.45) is 5.92 Å². The Balaban J connectivity index is 1.21. The third kappa shape index (κ3) is 11.5. The average molecular weight is 977 g/mol. The van der Waals surface area contributed by atoms with Crippen LogP contribution in [0.25, 0.3) is 10.9 Å².